The molecule has 0 atom stereocenters. The monoisotopic (exact) mass is 404 g/mol. The molecule has 2 aromatic heterocycles. The van der Waals surface area contributed by atoms with Crippen molar-refractivity contribution in [1.82, 2.24) is 14.8 Å². The standard InChI is InChI=1S/C21H16N4O3S/c26-25(27)20-12-11-18(28-20)13-14-29-21-23-22-19(15-16-7-3-1-4-8-16)24(21)17-9-5-2-6-10-17/h1-14H,15H2/b14-13+. The van der Waals surface area contributed by atoms with E-state index in [-0.39, 0.29) is 5.88 Å². The maximum atomic E-state index is 10.7. The summed E-state index contributed by atoms with van der Waals surface area (Å²) < 4.78 is 7.15. The first-order valence-electron chi connectivity index (χ1n) is 8.82. The summed E-state index contributed by atoms with van der Waals surface area (Å²) in [6.45, 7) is 0. The minimum Gasteiger partial charge on any atom is -0.401 e. The van der Waals surface area contributed by atoms with Gasteiger partial charge >= 0.3 is 5.88 Å². The predicted molar refractivity (Wildman–Crippen MR) is 111 cm³/mol. The van der Waals surface area contributed by atoms with E-state index in [0.717, 1.165) is 17.1 Å². The molecule has 0 aliphatic heterocycles. The van der Waals surface area contributed by atoms with E-state index in [1.807, 2.05) is 53.1 Å². The summed E-state index contributed by atoms with van der Waals surface area (Å²) in [5.41, 5.74) is 2.11. The van der Waals surface area contributed by atoms with Crippen molar-refractivity contribution in [2.24, 2.45) is 0 Å². The highest BCUT2D eigenvalue weighted by molar-refractivity contribution is 8.02. The quantitative estimate of drug-likeness (QED) is 0.241. The van der Waals surface area contributed by atoms with Crippen LogP contribution < -0.4 is 0 Å². The van der Waals surface area contributed by atoms with Crippen molar-refractivity contribution in [1.29, 1.82) is 0 Å². The molecular weight excluding hydrogens is 388 g/mol. The SMILES string of the molecule is O=[N+]([O-])c1ccc(/C=C/Sc2nnc(Cc3ccccc3)n2-c2ccccc2)o1. The Morgan fingerprint density at radius 2 is 1.72 bits per heavy atom. The van der Waals surface area contributed by atoms with Crippen molar-refractivity contribution < 1.29 is 9.34 Å². The molecule has 0 bridgehead atoms. The van der Waals surface area contributed by atoms with E-state index in [1.54, 1.807) is 17.6 Å². The molecular formula is C21H16N4O3S. The van der Waals surface area contributed by atoms with Crippen molar-refractivity contribution in [2.45, 2.75) is 11.6 Å². The molecule has 4 aromatic rings. The number of aromatic nitrogens is 3. The van der Waals surface area contributed by atoms with Gasteiger partial charge in [-0.2, -0.15) is 0 Å². The highest BCUT2D eigenvalue weighted by Crippen LogP contribution is 2.25. The summed E-state index contributed by atoms with van der Waals surface area (Å²) in [4.78, 5) is 10.2. The minimum atomic E-state index is -0.563. The largest absolute Gasteiger partial charge is 0.433 e. The lowest BCUT2D eigenvalue weighted by Crippen LogP contribution is -2.03. The van der Waals surface area contributed by atoms with Gasteiger partial charge in [-0.25, -0.2) is 0 Å². The average molecular weight is 404 g/mol. The molecule has 0 N–H and O–H groups in total. The van der Waals surface area contributed by atoms with Crippen LogP contribution in [0.2, 0.25) is 0 Å². The van der Waals surface area contributed by atoms with Crippen LogP contribution in [0.4, 0.5) is 5.88 Å². The summed E-state index contributed by atoms with van der Waals surface area (Å²) in [6, 6.07) is 22.9. The third-order valence-corrected chi connectivity index (χ3v) is 4.87. The fourth-order valence-electron chi connectivity index (χ4n) is 2.80. The normalized spacial score (nSPS) is 11.2. The van der Waals surface area contributed by atoms with Gasteiger partial charge in [0.25, 0.3) is 0 Å². The number of benzene rings is 2. The molecule has 4 rings (SSSR count). The molecule has 2 heterocycles. The predicted octanol–water partition coefficient (Wildman–Crippen LogP) is 5.12. The molecule has 0 unspecified atom stereocenters. The van der Waals surface area contributed by atoms with Crippen LogP contribution >= 0.6 is 11.8 Å². The van der Waals surface area contributed by atoms with Crippen LogP contribution in [-0.2, 0) is 6.42 Å². The number of hydrogen-bond acceptors (Lipinski definition) is 6. The lowest BCUT2D eigenvalue weighted by Gasteiger charge is -2.09. The molecule has 8 heteroatoms. The Morgan fingerprint density at radius 3 is 2.41 bits per heavy atom. The second-order valence-corrected chi connectivity index (χ2v) is 6.96. The highest BCUT2D eigenvalue weighted by Gasteiger charge is 2.14. The molecule has 0 radical (unpaired) electrons. The van der Waals surface area contributed by atoms with Gasteiger partial charge in [0.2, 0.25) is 0 Å². The van der Waals surface area contributed by atoms with Crippen LogP contribution in [-0.4, -0.2) is 19.7 Å². The maximum absolute atomic E-state index is 10.7. The number of nitrogens with zero attached hydrogens (tertiary/aromatic N) is 4. The van der Waals surface area contributed by atoms with Gasteiger partial charge in [0.1, 0.15) is 16.5 Å². The lowest BCUT2D eigenvalue weighted by molar-refractivity contribution is -0.402. The molecule has 2 aromatic carbocycles. The van der Waals surface area contributed by atoms with E-state index < -0.39 is 4.92 Å². The molecule has 0 aliphatic rings. The van der Waals surface area contributed by atoms with E-state index >= 15 is 0 Å². The summed E-state index contributed by atoms with van der Waals surface area (Å²) >= 11 is 1.36. The molecule has 0 spiro atoms. The van der Waals surface area contributed by atoms with E-state index in [9.17, 15) is 10.1 Å². The Balaban J connectivity index is 1.60. The topological polar surface area (TPSA) is 87.0 Å². The summed E-state index contributed by atoms with van der Waals surface area (Å²) in [7, 11) is 0. The molecule has 0 saturated heterocycles. The number of hydrogen-bond donors (Lipinski definition) is 0. The Kier molecular flexibility index (Phi) is 5.53. The van der Waals surface area contributed by atoms with Gasteiger partial charge in [-0.3, -0.25) is 14.7 Å². The number of nitro groups is 1. The van der Waals surface area contributed by atoms with Crippen LogP contribution in [0.5, 0.6) is 0 Å². The smallest absolute Gasteiger partial charge is 0.401 e. The third kappa shape index (κ3) is 4.44. The molecule has 0 fully saturated rings. The van der Waals surface area contributed by atoms with Crippen molar-refractivity contribution >= 4 is 23.7 Å². The van der Waals surface area contributed by atoms with Crippen molar-refractivity contribution in [3.05, 3.63) is 105 Å². The third-order valence-electron chi connectivity index (χ3n) is 4.12. The molecule has 0 amide bonds. The molecule has 0 aliphatic carbocycles. The fraction of sp³-hybridized carbons (Fsp3) is 0.0476. The second kappa shape index (κ2) is 8.57. The molecule has 0 saturated carbocycles. The average Bonchev–Trinajstić information content (AvgIpc) is 3.37. The van der Waals surface area contributed by atoms with E-state index in [1.165, 1.54) is 17.8 Å². The van der Waals surface area contributed by atoms with Crippen LogP contribution in [0.25, 0.3) is 11.8 Å². The summed E-state index contributed by atoms with van der Waals surface area (Å²) in [5, 5.41) is 21.9. The zero-order chi connectivity index (χ0) is 20.1. The van der Waals surface area contributed by atoms with Gasteiger partial charge in [-0.05, 0) is 35.2 Å². The Labute approximate surface area is 170 Å². The van der Waals surface area contributed by atoms with E-state index in [2.05, 4.69) is 22.3 Å². The summed E-state index contributed by atoms with van der Waals surface area (Å²) in [5.74, 6) is 0.943. The molecule has 7 nitrogen and oxygen atoms in total. The van der Waals surface area contributed by atoms with Gasteiger partial charge < -0.3 is 4.42 Å². The first kappa shape index (κ1) is 18.7. The number of para-hydroxylation sites is 1. The van der Waals surface area contributed by atoms with Crippen LogP contribution in [0.1, 0.15) is 17.1 Å². The number of rotatable bonds is 7. The summed E-state index contributed by atoms with van der Waals surface area (Å²) in [6.07, 6.45) is 2.32. The minimum absolute atomic E-state index is 0.285. The van der Waals surface area contributed by atoms with Gasteiger partial charge in [-0.15, -0.1) is 10.2 Å². The lowest BCUT2D eigenvalue weighted by atomic mass is 10.1. The van der Waals surface area contributed by atoms with Crippen molar-refractivity contribution in [2.75, 3.05) is 0 Å². The second-order valence-electron chi connectivity index (χ2n) is 6.09. The number of thioether (sulfide) groups is 1. The first-order valence-corrected chi connectivity index (χ1v) is 9.70. The Hall–Kier alpha value is -3.65. The molecule has 144 valence electrons. The van der Waals surface area contributed by atoms with Gasteiger partial charge in [0.05, 0.1) is 6.07 Å². The van der Waals surface area contributed by atoms with Crippen molar-refractivity contribution in [3.8, 4) is 5.69 Å². The Morgan fingerprint density at radius 1 is 1.00 bits per heavy atom. The number of furan rings is 1. The Bertz CT molecular complexity index is 1140. The van der Waals surface area contributed by atoms with Crippen LogP contribution in [0.3, 0.4) is 0 Å². The molecule has 29 heavy (non-hydrogen) atoms. The zero-order valence-electron chi connectivity index (χ0n) is 15.2. The van der Waals surface area contributed by atoms with Crippen LogP contribution in [0.15, 0.2) is 87.8 Å². The van der Waals surface area contributed by atoms with E-state index in [4.69, 9.17) is 4.42 Å². The first-order chi connectivity index (χ1) is 14.2. The maximum Gasteiger partial charge on any atom is 0.433 e. The van der Waals surface area contributed by atoms with Gasteiger partial charge in [0, 0.05) is 12.1 Å². The zero-order valence-corrected chi connectivity index (χ0v) is 16.0. The van der Waals surface area contributed by atoms with Crippen LogP contribution in [0, 0.1) is 10.1 Å². The van der Waals surface area contributed by atoms with E-state index in [0.29, 0.717) is 17.3 Å². The van der Waals surface area contributed by atoms with Crippen molar-refractivity contribution in [3.63, 3.8) is 0 Å². The fourth-order valence-corrected chi connectivity index (χ4v) is 3.53. The van der Waals surface area contributed by atoms with Gasteiger partial charge in [0.15, 0.2) is 5.16 Å². The highest BCUT2D eigenvalue weighted by atomic mass is 32.2. The van der Waals surface area contributed by atoms with Gasteiger partial charge in [-0.1, -0.05) is 60.3 Å².